The number of nitrogens with two attached hydrogens (primary N) is 1. The second kappa shape index (κ2) is 7.72. The van der Waals surface area contributed by atoms with Crippen molar-refractivity contribution in [2.45, 2.75) is 6.18 Å². The molecule has 0 bridgehead atoms. The Hall–Kier alpha value is -1.96. The minimum atomic E-state index is -4.20. The molecule has 0 saturated carbocycles. The lowest BCUT2D eigenvalue weighted by Crippen LogP contribution is -2.33. The van der Waals surface area contributed by atoms with Gasteiger partial charge >= 0.3 is 6.18 Å². The van der Waals surface area contributed by atoms with Gasteiger partial charge in [-0.3, -0.25) is 9.89 Å². The van der Waals surface area contributed by atoms with E-state index in [0.29, 0.717) is 5.75 Å². The lowest BCUT2D eigenvalue weighted by atomic mass is 10.3. The van der Waals surface area contributed by atoms with E-state index in [4.69, 9.17) is 10.5 Å². The number of nitrogens with zero attached hydrogens (tertiary/aromatic N) is 2. The van der Waals surface area contributed by atoms with Gasteiger partial charge < -0.3 is 15.8 Å². The largest absolute Gasteiger partial charge is 0.497 e. The smallest absolute Gasteiger partial charge is 0.401 e. The van der Waals surface area contributed by atoms with Crippen molar-refractivity contribution >= 4 is 11.6 Å². The van der Waals surface area contributed by atoms with E-state index in [9.17, 15) is 13.2 Å². The van der Waals surface area contributed by atoms with Gasteiger partial charge in [0.05, 0.1) is 20.2 Å². The van der Waals surface area contributed by atoms with Crippen molar-refractivity contribution in [3.8, 4) is 5.75 Å². The Balaban J connectivity index is 2.38. The zero-order chi connectivity index (χ0) is 15.9. The number of benzene rings is 1. The summed E-state index contributed by atoms with van der Waals surface area (Å²) in [6.45, 7) is -0.611. The molecule has 5 nitrogen and oxygen atoms in total. The average molecular weight is 304 g/mol. The number of hydrogen-bond donors (Lipinski definition) is 2. The molecule has 21 heavy (non-hydrogen) atoms. The topological polar surface area (TPSA) is 62.9 Å². The predicted molar refractivity (Wildman–Crippen MR) is 76.7 cm³/mol. The summed E-state index contributed by atoms with van der Waals surface area (Å²) in [5.41, 5.74) is 6.38. The van der Waals surface area contributed by atoms with Crippen LogP contribution in [0.25, 0.3) is 0 Å². The van der Waals surface area contributed by atoms with Crippen molar-refractivity contribution in [2.75, 3.05) is 39.1 Å². The summed E-state index contributed by atoms with van der Waals surface area (Å²) in [6, 6.07) is 7.04. The molecule has 0 heterocycles. The normalized spacial score (nSPS) is 12.6. The van der Waals surface area contributed by atoms with Gasteiger partial charge in [0.1, 0.15) is 5.75 Å². The van der Waals surface area contributed by atoms with Crippen molar-refractivity contribution in [1.29, 1.82) is 0 Å². The van der Waals surface area contributed by atoms with Crippen LogP contribution in [0.4, 0.5) is 18.9 Å². The SMILES string of the molecule is COc1ccc(NC(N)=NCCN(C)CC(F)(F)F)cc1. The van der Waals surface area contributed by atoms with Crippen LogP contribution < -0.4 is 15.8 Å². The van der Waals surface area contributed by atoms with Crippen molar-refractivity contribution in [3.63, 3.8) is 0 Å². The lowest BCUT2D eigenvalue weighted by molar-refractivity contribution is -0.142. The van der Waals surface area contributed by atoms with E-state index in [0.717, 1.165) is 10.6 Å². The Morgan fingerprint density at radius 2 is 1.95 bits per heavy atom. The third-order valence-electron chi connectivity index (χ3n) is 2.58. The first-order chi connectivity index (χ1) is 9.80. The number of guanidine groups is 1. The van der Waals surface area contributed by atoms with E-state index in [1.807, 2.05) is 0 Å². The summed E-state index contributed by atoms with van der Waals surface area (Å²) in [5.74, 6) is 0.866. The standard InChI is InChI=1S/C13H19F3N4O/c1-20(9-13(14,15)16)8-7-18-12(17)19-10-3-5-11(21-2)6-4-10/h3-6H,7-9H2,1-2H3,(H3,17,18,19). The Kier molecular flexibility index (Phi) is 6.29. The summed E-state index contributed by atoms with van der Waals surface area (Å²) in [6.07, 6.45) is -4.20. The maximum atomic E-state index is 12.1. The Morgan fingerprint density at radius 1 is 1.33 bits per heavy atom. The van der Waals surface area contributed by atoms with Crippen LogP contribution in [0.15, 0.2) is 29.3 Å². The van der Waals surface area contributed by atoms with Gasteiger partial charge in [-0.1, -0.05) is 0 Å². The van der Waals surface area contributed by atoms with Crippen LogP contribution in [0, 0.1) is 0 Å². The van der Waals surface area contributed by atoms with Crippen LogP contribution in [0.5, 0.6) is 5.75 Å². The molecule has 0 amide bonds. The molecule has 0 aliphatic carbocycles. The van der Waals surface area contributed by atoms with Gasteiger partial charge in [0.2, 0.25) is 0 Å². The van der Waals surface area contributed by atoms with E-state index in [1.165, 1.54) is 7.05 Å². The molecule has 0 aromatic heterocycles. The maximum Gasteiger partial charge on any atom is 0.401 e. The molecule has 0 fully saturated rings. The van der Waals surface area contributed by atoms with Gasteiger partial charge in [-0.2, -0.15) is 13.2 Å². The molecule has 118 valence electrons. The van der Waals surface area contributed by atoms with Crippen LogP contribution >= 0.6 is 0 Å². The molecule has 8 heteroatoms. The summed E-state index contributed by atoms with van der Waals surface area (Å²) < 4.78 is 41.4. The molecule has 1 rings (SSSR count). The van der Waals surface area contributed by atoms with Gasteiger partial charge in [0, 0.05) is 12.2 Å². The highest BCUT2D eigenvalue weighted by atomic mass is 19.4. The molecule has 1 aromatic carbocycles. The first-order valence-corrected chi connectivity index (χ1v) is 6.26. The minimum absolute atomic E-state index is 0.153. The Labute approximate surface area is 121 Å². The van der Waals surface area contributed by atoms with Crippen LogP contribution in [0.2, 0.25) is 0 Å². The van der Waals surface area contributed by atoms with Crippen LogP contribution in [-0.4, -0.2) is 50.8 Å². The highest BCUT2D eigenvalue weighted by Gasteiger charge is 2.28. The van der Waals surface area contributed by atoms with Crippen molar-refractivity contribution in [3.05, 3.63) is 24.3 Å². The minimum Gasteiger partial charge on any atom is -0.497 e. The van der Waals surface area contributed by atoms with E-state index < -0.39 is 12.7 Å². The number of ether oxygens (including phenoxy) is 1. The zero-order valence-electron chi connectivity index (χ0n) is 11.9. The van der Waals surface area contributed by atoms with Crippen LogP contribution in [0.3, 0.4) is 0 Å². The van der Waals surface area contributed by atoms with Gasteiger partial charge in [-0.15, -0.1) is 0 Å². The molecule has 1 aromatic rings. The lowest BCUT2D eigenvalue weighted by Gasteiger charge is -2.17. The maximum absolute atomic E-state index is 12.1. The highest BCUT2D eigenvalue weighted by molar-refractivity contribution is 5.92. The van der Waals surface area contributed by atoms with Gasteiger partial charge in [-0.25, -0.2) is 0 Å². The van der Waals surface area contributed by atoms with E-state index in [2.05, 4.69) is 10.3 Å². The molecule has 0 aliphatic heterocycles. The molecular weight excluding hydrogens is 285 g/mol. The first-order valence-electron chi connectivity index (χ1n) is 6.26. The zero-order valence-corrected chi connectivity index (χ0v) is 11.9. The summed E-state index contributed by atoms with van der Waals surface area (Å²) in [4.78, 5) is 5.12. The Morgan fingerprint density at radius 3 is 2.48 bits per heavy atom. The third-order valence-corrected chi connectivity index (χ3v) is 2.58. The van der Waals surface area contributed by atoms with E-state index in [-0.39, 0.29) is 19.0 Å². The number of anilines is 1. The van der Waals surface area contributed by atoms with Crippen molar-refractivity contribution in [2.24, 2.45) is 10.7 Å². The van der Waals surface area contributed by atoms with E-state index in [1.54, 1.807) is 31.4 Å². The monoisotopic (exact) mass is 304 g/mol. The number of aliphatic imine (C=N–C) groups is 1. The molecule has 3 N–H and O–H groups in total. The summed E-state index contributed by atoms with van der Waals surface area (Å²) in [7, 11) is 2.95. The number of halogens is 3. The molecule has 0 radical (unpaired) electrons. The van der Waals surface area contributed by atoms with E-state index >= 15 is 0 Å². The van der Waals surface area contributed by atoms with Crippen molar-refractivity contribution < 1.29 is 17.9 Å². The number of alkyl halides is 3. The van der Waals surface area contributed by atoms with Gasteiger partial charge in [0.25, 0.3) is 0 Å². The second-order valence-corrected chi connectivity index (χ2v) is 4.47. The quantitative estimate of drug-likeness (QED) is 0.622. The number of rotatable bonds is 6. The van der Waals surface area contributed by atoms with Crippen molar-refractivity contribution in [1.82, 2.24) is 4.90 Å². The molecule has 0 atom stereocenters. The highest BCUT2D eigenvalue weighted by Crippen LogP contribution is 2.15. The second-order valence-electron chi connectivity index (χ2n) is 4.47. The molecule has 0 aliphatic rings. The number of likely N-dealkylation sites (N-methyl/N-ethyl adjacent to an activating group) is 1. The van der Waals surface area contributed by atoms with Crippen LogP contribution in [0.1, 0.15) is 0 Å². The Bertz CT molecular complexity index is 459. The predicted octanol–water partition coefficient (Wildman–Crippen LogP) is 1.92. The van der Waals surface area contributed by atoms with Gasteiger partial charge in [-0.05, 0) is 31.3 Å². The van der Waals surface area contributed by atoms with Crippen LogP contribution in [-0.2, 0) is 0 Å². The first kappa shape index (κ1) is 17.1. The number of hydrogen-bond acceptors (Lipinski definition) is 3. The molecular formula is C13H19F3N4O. The fourth-order valence-electron chi connectivity index (χ4n) is 1.59. The number of methoxy groups -OCH3 is 1. The molecule has 0 unspecified atom stereocenters. The molecule has 0 saturated heterocycles. The molecule has 0 spiro atoms. The summed E-state index contributed by atoms with van der Waals surface area (Å²) >= 11 is 0. The average Bonchev–Trinajstić information content (AvgIpc) is 2.37. The third kappa shape index (κ3) is 7.40. The fraction of sp³-hybridized carbons (Fsp3) is 0.462. The number of nitrogens with one attached hydrogen (secondary N) is 1. The van der Waals surface area contributed by atoms with Gasteiger partial charge in [0.15, 0.2) is 5.96 Å². The summed E-state index contributed by atoms with van der Waals surface area (Å²) in [5, 5.41) is 2.85. The fourth-order valence-corrected chi connectivity index (χ4v) is 1.59.